The molecule has 0 aromatic heterocycles. The normalized spacial score (nSPS) is 22.6. The number of carbonyl (C=O) groups is 2. The van der Waals surface area contributed by atoms with Crippen LogP contribution in [-0.2, 0) is 9.53 Å². The van der Waals surface area contributed by atoms with Crippen molar-refractivity contribution in [3.63, 3.8) is 0 Å². The molecular weight excluding hydrogens is 228 g/mol. The number of ketones is 1. The molecule has 0 N–H and O–H groups in total. The van der Waals surface area contributed by atoms with Crippen molar-refractivity contribution < 1.29 is 14.3 Å². The molecule has 18 heavy (non-hydrogen) atoms. The molecular formula is C15H18O3. The number of rotatable bonds is 2. The first kappa shape index (κ1) is 12.8. The van der Waals surface area contributed by atoms with Gasteiger partial charge >= 0.3 is 5.97 Å². The Balaban J connectivity index is 2.04. The van der Waals surface area contributed by atoms with Crippen LogP contribution in [0.2, 0.25) is 0 Å². The van der Waals surface area contributed by atoms with E-state index in [1.54, 1.807) is 24.3 Å². The highest BCUT2D eigenvalue weighted by Gasteiger charge is 2.36. The van der Waals surface area contributed by atoms with E-state index in [-0.39, 0.29) is 11.2 Å². The number of ether oxygens (including phenoxy) is 1. The highest BCUT2D eigenvalue weighted by molar-refractivity contribution is 5.93. The Morgan fingerprint density at radius 1 is 1.28 bits per heavy atom. The van der Waals surface area contributed by atoms with Gasteiger partial charge in [0.05, 0.1) is 5.56 Å². The van der Waals surface area contributed by atoms with Gasteiger partial charge in [0.25, 0.3) is 0 Å². The lowest BCUT2D eigenvalue weighted by molar-refractivity contribution is -0.133. The zero-order valence-electron chi connectivity index (χ0n) is 10.8. The maximum absolute atomic E-state index is 11.9. The van der Waals surface area contributed by atoms with E-state index in [0.717, 1.165) is 6.42 Å². The van der Waals surface area contributed by atoms with Crippen molar-refractivity contribution in [3.05, 3.63) is 35.9 Å². The summed E-state index contributed by atoms with van der Waals surface area (Å²) in [4.78, 5) is 23.7. The molecule has 1 atom stereocenters. The van der Waals surface area contributed by atoms with E-state index in [0.29, 0.717) is 18.4 Å². The van der Waals surface area contributed by atoms with Crippen molar-refractivity contribution in [1.29, 1.82) is 0 Å². The molecule has 1 aromatic rings. The van der Waals surface area contributed by atoms with Gasteiger partial charge in [-0.05, 0) is 30.4 Å². The van der Waals surface area contributed by atoms with Gasteiger partial charge < -0.3 is 4.74 Å². The third-order valence-corrected chi connectivity index (χ3v) is 3.40. The Bertz CT molecular complexity index is 448. The lowest BCUT2D eigenvalue weighted by atomic mass is 9.75. The Morgan fingerprint density at radius 2 is 1.94 bits per heavy atom. The minimum absolute atomic E-state index is 0.0404. The molecule has 1 saturated carbocycles. The average molecular weight is 246 g/mol. The minimum atomic E-state index is -0.582. The Morgan fingerprint density at radius 3 is 2.61 bits per heavy atom. The van der Waals surface area contributed by atoms with Crippen LogP contribution in [0.25, 0.3) is 0 Å². The van der Waals surface area contributed by atoms with E-state index in [1.165, 1.54) is 0 Å². The number of carbonyl (C=O) groups excluding carboxylic acids is 2. The zero-order valence-corrected chi connectivity index (χ0v) is 10.8. The van der Waals surface area contributed by atoms with Crippen LogP contribution in [0.4, 0.5) is 0 Å². The topological polar surface area (TPSA) is 43.4 Å². The molecule has 1 aliphatic rings. The summed E-state index contributed by atoms with van der Waals surface area (Å²) in [6, 6.07) is 8.79. The van der Waals surface area contributed by atoms with Crippen LogP contribution in [-0.4, -0.2) is 17.9 Å². The summed E-state index contributed by atoms with van der Waals surface area (Å²) < 4.78 is 5.34. The quantitative estimate of drug-likeness (QED) is 0.753. The van der Waals surface area contributed by atoms with Crippen molar-refractivity contribution >= 4 is 11.8 Å². The van der Waals surface area contributed by atoms with Gasteiger partial charge in [0, 0.05) is 6.42 Å². The van der Waals surface area contributed by atoms with E-state index in [9.17, 15) is 9.59 Å². The van der Waals surface area contributed by atoms with Gasteiger partial charge in [-0.1, -0.05) is 32.0 Å². The lowest BCUT2D eigenvalue weighted by Crippen LogP contribution is -2.37. The van der Waals surface area contributed by atoms with Crippen LogP contribution in [0.3, 0.4) is 0 Å². The number of esters is 1. The van der Waals surface area contributed by atoms with Gasteiger partial charge in [0.2, 0.25) is 0 Å². The SMILES string of the molecule is CC1(C)CCC(=O)[C@@H](OC(=O)c2ccccc2)C1. The predicted molar refractivity (Wildman–Crippen MR) is 68.3 cm³/mol. The molecule has 3 nitrogen and oxygen atoms in total. The number of Topliss-reactive ketones (excluding diaryl/α,β-unsaturated/α-hetero) is 1. The maximum atomic E-state index is 11.9. The molecule has 0 bridgehead atoms. The van der Waals surface area contributed by atoms with Crippen LogP contribution < -0.4 is 0 Å². The van der Waals surface area contributed by atoms with Gasteiger partial charge in [-0.3, -0.25) is 4.79 Å². The van der Waals surface area contributed by atoms with Crippen LogP contribution >= 0.6 is 0 Å². The summed E-state index contributed by atoms with van der Waals surface area (Å²) in [5.41, 5.74) is 0.559. The molecule has 0 heterocycles. The average Bonchev–Trinajstić information content (AvgIpc) is 2.35. The van der Waals surface area contributed by atoms with E-state index in [1.807, 2.05) is 6.07 Å². The predicted octanol–water partition coefficient (Wildman–Crippen LogP) is 2.99. The van der Waals surface area contributed by atoms with Crippen LogP contribution in [0.1, 0.15) is 43.5 Å². The Labute approximate surface area is 107 Å². The molecule has 0 spiro atoms. The molecule has 3 heteroatoms. The van der Waals surface area contributed by atoms with Crippen molar-refractivity contribution in [2.24, 2.45) is 5.41 Å². The summed E-state index contributed by atoms with van der Waals surface area (Å²) in [7, 11) is 0. The molecule has 0 aliphatic heterocycles. The minimum Gasteiger partial charge on any atom is -0.451 e. The van der Waals surface area contributed by atoms with E-state index in [4.69, 9.17) is 4.74 Å². The van der Waals surface area contributed by atoms with Crippen LogP contribution in [0.5, 0.6) is 0 Å². The summed E-state index contributed by atoms with van der Waals surface area (Å²) in [6.07, 6.45) is 1.40. The Kier molecular flexibility index (Phi) is 3.50. The highest BCUT2D eigenvalue weighted by Crippen LogP contribution is 2.35. The molecule has 0 radical (unpaired) electrons. The molecule has 1 aromatic carbocycles. The fourth-order valence-corrected chi connectivity index (χ4v) is 2.22. The molecule has 1 fully saturated rings. The first-order valence-electron chi connectivity index (χ1n) is 6.27. The second kappa shape index (κ2) is 4.92. The highest BCUT2D eigenvalue weighted by atomic mass is 16.5. The van der Waals surface area contributed by atoms with Gasteiger partial charge in [-0.25, -0.2) is 4.79 Å². The first-order valence-corrected chi connectivity index (χ1v) is 6.27. The summed E-state index contributed by atoms with van der Waals surface area (Å²) >= 11 is 0. The number of hydrogen-bond acceptors (Lipinski definition) is 3. The first-order chi connectivity index (χ1) is 8.48. The number of hydrogen-bond donors (Lipinski definition) is 0. The summed E-state index contributed by atoms with van der Waals surface area (Å²) in [5.74, 6) is -0.370. The van der Waals surface area contributed by atoms with Crippen molar-refractivity contribution in [2.45, 2.75) is 39.2 Å². The maximum Gasteiger partial charge on any atom is 0.338 e. The van der Waals surface area contributed by atoms with E-state index in [2.05, 4.69) is 13.8 Å². The second-order valence-corrected chi connectivity index (χ2v) is 5.59. The molecule has 1 aliphatic carbocycles. The molecule has 0 saturated heterocycles. The van der Waals surface area contributed by atoms with Crippen molar-refractivity contribution in [1.82, 2.24) is 0 Å². The van der Waals surface area contributed by atoms with E-state index < -0.39 is 12.1 Å². The van der Waals surface area contributed by atoms with E-state index >= 15 is 0 Å². The van der Waals surface area contributed by atoms with Gasteiger partial charge in [-0.15, -0.1) is 0 Å². The number of benzene rings is 1. The fraction of sp³-hybridized carbons (Fsp3) is 0.467. The lowest BCUT2D eigenvalue weighted by Gasteiger charge is -2.33. The molecule has 0 unspecified atom stereocenters. The van der Waals surface area contributed by atoms with Crippen LogP contribution in [0, 0.1) is 5.41 Å². The van der Waals surface area contributed by atoms with Crippen molar-refractivity contribution in [3.8, 4) is 0 Å². The fourth-order valence-electron chi connectivity index (χ4n) is 2.22. The smallest absolute Gasteiger partial charge is 0.338 e. The largest absolute Gasteiger partial charge is 0.451 e. The van der Waals surface area contributed by atoms with Gasteiger partial charge in [0.15, 0.2) is 11.9 Å². The monoisotopic (exact) mass is 246 g/mol. The zero-order chi connectivity index (χ0) is 13.2. The third-order valence-electron chi connectivity index (χ3n) is 3.40. The second-order valence-electron chi connectivity index (χ2n) is 5.59. The third kappa shape index (κ3) is 2.97. The van der Waals surface area contributed by atoms with Gasteiger partial charge in [0.1, 0.15) is 0 Å². The molecule has 0 amide bonds. The summed E-state index contributed by atoms with van der Waals surface area (Å²) in [6.45, 7) is 4.20. The standard InChI is InChI=1S/C15H18O3/c1-15(2)9-8-12(16)13(10-15)18-14(17)11-6-4-3-5-7-11/h3-7,13H,8-10H2,1-2H3/t13-/m0/s1. The van der Waals surface area contributed by atoms with Gasteiger partial charge in [-0.2, -0.15) is 0 Å². The summed E-state index contributed by atoms with van der Waals surface area (Å²) in [5, 5.41) is 0. The molecule has 2 rings (SSSR count). The molecule has 96 valence electrons. The Hall–Kier alpha value is -1.64. The van der Waals surface area contributed by atoms with Crippen LogP contribution in [0.15, 0.2) is 30.3 Å². The van der Waals surface area contributed by atoms with Crippen molar-refractivity contribution in [2.75, 3.05) is 0 Å².